The van der Waals surface area contributed by atoms with Gasteiger partial charge in [-0.05, 0) is 38.5 Å². The first-order valence-corrected chi connectivity index (χ1v) is 9.36. The van der Waals surface area contributed by atoms with E-state index in [1.165, 1.54) is 19.1 Å². The molecule has 2 heterocycles. The molecular formula is C20H23N5O5. The summed E-state index contributed by atoms with van der Waals surface area (Å²) in [5.74, 6) is -1.49. The number of anilines is 1. The fraction of sp³-hybridized carbons (Fsp3) is 0.350. The maximum atomic E-state index is 12.5. The summed E-state index contributed by atoms with van der Waals surface area (Å²) < 4.78 is 6.94. The predicted octanol–water partition coefficient (Wildman–Crippen LogP) is 1.27. The molecule has 1 fully saturated rings. The van der Waals surface area contributed by atoms with Crippen molar-refractivity contribution in [1.82, 2.24) is 20.0 Å². The van der Waals surface area contributed by atoms with Crippen molar-refractivity contribution in [1.29, 1.82) is 0 Å². The molecule has 0 bridgehead atoms. The molecule has 30 heavy (non-hydrogen) atoms. The van der Waals surface area contributed by atoms with Crippen molar-refractivity contribution in [2.45, 2.75) is 33.4 Å². The van der Waals surface area contributed by atoms with Crippen LogP contribution >= 0.6 is 0 Å². The molecule has 1 aliphatic rings. The lowest BCUT2D eigenvalue weighted by atomic mass is 10.1. The Hall–Kier alpha value is -3.69. The SMILES string of the molecule is Cc1nn(C)c(C)c1NC(=O)[C@H](C)OC(=O)c1cccc(CN2C(=O)CNC2=O)c1. The predicted molar refractivity (Wildman–Crippen MR) is 107 cm³/mol. The van der Waals surface area contributed by atoms with Crippen molar-refractivity contribution in [3.8, 4) is 0 Å². The standard InChI is InChI=1S/C20H23N5O5/c1-11-17(12(2)24(4)23-11)22-18(27)13(3)30-19(28)15-7-5-6-14(8-15)10-25-16(26)9-21-20(25)29/h5-8,13H,9-10H2,1-4H3,(H,21,29)(H,22,27)/t13-/m0/s1. The zero-order valence-electron chi connectivity index (χ0n) is 17.2. The maximum Gasteiger partial charge on any atom is 0.338 e. The van der Waals surface area contributed by atoms with Crippen LogP contribution in [0.25, 0.3) is 0 Å². The molecule has 0 unspecified atom stereocenters. The molecule has 3 rings (SSSR count). The average molecular weight is 413 g/mol. The van der Waals surface area contributed by atoms with Crippen LogP contribution < -0.4 is 10.6 Å². The van der Waals surface area contributed by atoms with Crippen molar-refractivity contribution in [2.24, 2.45) is 7.05 Å². The Labute approximate surface area is 173 Å². The number of benzene rings is 1. The highest BCUT2D eigenvalue weighted by Gasteiger charge is 2.28. The van der Waals surface area contributed by atoms with Crippen LogP contribution in [0.4, 0.5) is 10.5 Å². The summed E-state index contributed by atoms with van der Waals surface area (Å²) in [5, 5.41) is 9.41. The molecule has 10 heteroatoms. The summed E-state index contributed by atoms with van der Waals surface area (Å²) in [6.07, 6.45) is -1.04. The minimum atomic E-state index is -1.04. The summed E-state index contributed by atoms with van der Waals surface area (Å²) in [4.78, 5) is 49.4. The number of amides is 4. The fourth-order valence-electron chi connectivity index (χ4n) is 3.06. The van der Waals surface area contributed by atoms with E-state index in [9.17, 15) is 19.2 Å². The molecule has 0 saturated carbocycles. The number of carbonyl (C=O) groups excluding carboxylic acids is 4. The number of carbonyl (C=O) groups is 4. The number of ether oxygens (including phenoxy) is 1. The Morgan fingerprint density at radius 1 is 1.30 bits per heavy atom. The first kappa shape index (κ1) is 21.0. The van der Waals surface area contributed by atoms with Gasteiger partial charge in [-0.15, -0.1) is 0 Å². The number of imide groups is 1. The van der Waals surface area contributed by atoms with Crippen molar-refractivity contribution < 1.29 is 23.9 Å². The maximum absolute atomic E-state index is 12.5. The summed E-state index contributed by atoms with van der Waals surface area (Å²) in [7, 11) is 1.77. The van der Waals surface area contributed by atoms with E-state index in [1.807, 2.05) is 6.92 Å². The number of hydrogen-bond acceptors (Lipinski definition) is 6. The van der Waals surface area contributed by atoms with Crippen molar-refractivity contribution in [3.63, 3.8) is 0 Å². The van der Waals surface area contributed by atoms with Gasteiger partial charge in [-0.1, -0.05) is 12.1 Å². The summed E-state index contributed by atoms with van der Waals surface area (Å²) in [6.45, 7) is 5.08. The van der Waals surface area contributed by atoms with E-state index in [4.69, 9.17) is 4.74 Å². The second-order valence-electron chi connectivity index (χ2n) is 7.05. The van der Waals surface area contributed by atoms with Gasteiger partial charge in [0, 0.05) is 7.05 Å². The van der Waals surface area contributed by atoms with Crippen LogP contribution in [-0.4, -0.2) is 51.1 Å². The molecule has 1 aromatic heterocycles. The van der Waals surface area contributed by atoms with E-state index in [2.05, 4.69) is 15.7 Å². The van der Waals surface area contributed by atoms with Crippen LogP contribution in [0.15, 0.2) is 24.3 Å². The number of nitrogens with zero attached hydrogens (tertiary/aromatic N) is 3. The van der Waals surface area contributed by atoms with E-state index >= 15 is 0 Å². The summed E-state index contributed by atoms with van der Waals surface area (Å²) in [6, 6.07) is 5.91. The number of rotatable bonds is 6. The molecule has 0 spiro atoms. The number of urea groups is 1. The summed E-state index contributed by atoms with van der Waals surface area (Å²) >= 11 is 0. The smallest absolute Gasteiger partial charge is 0.338 e. The van der Waals surface area contributed by atoms with Crippen LogP contribution in [0.2, 0.25) is 0 Å². The van der Waals surface area contributed by atoms with Gasteiger partial charge < -0.3 is 15.4 Å². The lowest BCUT2D eigenvalue weighted by Gasteiger charge is -2.15. The number of esters is 1. The zero-order chi connectivity index (χ0) is 22.0. The third-order valence-corrected chi connectivity index (χ3v) is 4.85. The van der Waals surface area contributed by atoms with Gasteiger partial charge >= 0.3 is 12.0 Å². The van der Waals surface area contributed by atoms with Gasteiger partial charge in [0.1, 0.15) is 0 Å². The minimum Gasteiger partial charge on any atom is -0.449 e. The number of aryl methyl sites for hydroxylation is 2. The molecule has 1 aromatic carbocycles. The van der Waals surface area contributed by atoms with Crippen LogP contribution in [0.1, 0.15) is 34.2 Å². The zero-order valence-corrected chi connectivity index (χ0v) is 17.2. The van der Waals surface area contributed by atoms with E-state index in [0.717, 1.165) is 10.6 Å². The highest BCUT2D eigenvalue weighted by molar-refractivity contribution is 6.02. The number of nitrogens with one attached hydrogen (secondary N) is 2. The van der Waals surface area contributed by atoms with Gasteiger partial charge in [0.25, 0.3) is 5.91 Å². The van der Waals surface area contributed by atoms with E-state index < -0.39 is 24.0 Å². The fourth-order valence-corrected chi connectivity index (χ4v) is 3.06. The van der Waals surface area contributed by atoms with Gasteiger partial charge in [-0.25, -0.2) is 9.59 Å². The summed E-state index contributed by atoms with van der Waals surface area (Å²) in [5.41, 5.74) is 2.84. The molecule has 1 atom stereocenters. The lowest BCUT2D eigenvalue weighted by Crippen LogP contribution is -2.31. The highest BCUT2D eigenvalue weighted by atomic mass is 16.5. The van der Waals surface area contributed by atoms with E-state index in [1.54, 1.807) is 30.8 Å². The Morgan fingerprint density at radius 3 is 2.63 bits per heavy atom. The monoisotopic (exact) mass is 413 g/mol. The van der Waals surface area contributed by atoms with Gasteiger partial charge in [0.2, 0.25) is 5.91 Å². The molecule has 4 amide bonds. The third-order valence-electron chi connectivity index (χ3n) is 4.85. The van der Waals surface area contributed by atoms with Gasteiger partial charge in [0.05, 0.1) is 35.7 Å². The lowest BCUT2D eigenvalue weighted by molar-refractivity contribution is -0.125. The Balaban J connectivity index is 1.64. The van der Waals surface area contributed by atoms with Crippen LogP contribution in [-0.2, 0) is 27.9 Å². The molecule has 1 saturated heterocycles. The molecular weight excluding hydrogens is 390 g/mol. The van der Waals surface area contributed by atoms with Crippen molar-refractivity contribution in [2.75, 3.05) is 11.9 Å². The average Bonchev–Trinajstić information content (AvgIpc) is 3.15. The quantitative estimate of drug-likeness (QED) is 0.543. The Bertz CT molecular complexity index is 1010. The van der Waals surface area contributed by atoms with Gasteiger partial charge in [0.15, 0.2) is 6.10 Å². The van der Waals surface area contributed by atoms with Crippen molar-refractivity contribution >= 4 is 29.5 Å². The molecule has 1 aliphatic heterocycles. The first-order chi connectivity index (χ1) is 14.2. The van der Waals surface area contributed by atoms with E-state index in [-0.39, 0.29) is 24.6 Å². The second-order valence-corrected chi connectivity index (χ2v) is 7.05. The van der Waals surface area contributed by atoms with Crippen LogP contribution in [0, 0.1) is 13.8 Å². The molecule has 2 N–H and O–H groups in total. The Kier molecular flexibility index (Phi) is 5.86. The number of hydrogen-bond donors (Lipinski definition) is 2. The number of aromatic nitrogens is 2. The van der Waals surface area contributed by atoms with Crippen molar-refractivity contribution in [3.05, 3.63) is 46.8 Å². The van der Waals surface area contributed by atoms with Gasteiger partial charge in [-0.3, -0.25) is 19.2 Å². The van der Waals surface area contributed by atoms with E-state index in [0.29, 0.717) is 16.9 Å². The normalized spacial score (nSPS) is 14.5. The molecule has 0 aliphatic carbocycles. The van der Waals surface area contributed by atoms with Crippen LogP contribution in [0.3, 0.4) is 0 Å². The first-order valence-electron chi connectivity index (χ1n) is 9.36. The van der Waals surface area contributed by atoms with Gasteiger partial charge in [-0.2, -0.15) is 5.10 Å². The molecule has 0 radical (unpaired) electrons. The minimum absolute atomic E-state index is 0.0386. The van der Waals surface area contributed by atoms with Crippen LogP contribution in [0.5, 0.6) is 0 Å². The second kappa shape index (κ2) is 8.36. The molecule has 10 nitrogen and oxygen atoms in total. The third kappa shape index (κ3) is 4.32. The molecule has 2 aromatic rings. The topological polar surface area (TPSA) is 123 Å². The Morgan fingerprint density at radius 2 is 2.03 bits per heavy atom. The largest absolute Gasteiger partial charge is 0.449 e. The highest BCUT2D eigenvalue weighted by Crippen LogP contribution is 2.19. The molecule has 158 valence electrons.